The van der Waals surface area contributed by atoms with E-state index in [4.69, 9.17) is 9.47 Å². The van der Waals surface area contributed by atoms with Gasteiger partial charge in [0.1, 0.15) is 17.8 Å². The minimum absolute atomic E-state index is 0.136. The first-order valence-corrected chi connectivity index (χ1v) is 12.1. The summed E-state index contributed by atoms with van der Waals surface area (Å²) in [5.41, 5.74) is -7.11. The molecule has 8 atom stereocenters. The van der Waals surface area contributed by atoms with Crippen LogP contribution in [-0.2, 0) is 14.3 Å². The summed E-state index contributed by atoms with van der Waals surface area (Å²) in [6.45, 7) is 13.7. The van der Waals surface area contributed by atoms with Gasteiger partial charge < -0.3 is 29.7 Å². The first-order chi connectivity index (χ1) is 15.2. The Labute approximate surface area is 195 Å². The maximum atomic E-state index is 13.7. The van der Waals surface area contributed by atoms with Crippen molar-refractivity contribution < 1.29 is 34.4 Å². The van der Waals surface area contributed by atoms with Crippen molar-refractivity contribution in [2.75, 3.05) is 13.1 Å². The highest BCUT2D eigenvalue weighted by Crippen LogP contribution is 2.67. The number of carbonyl (C=O) groups excluding carboxylic acids is 2. The van der Waals surface area contributed by atoms with Crippen molar-refractivity contribution in [3.8, 4) is 0 Å². The van der Waals surface area contributed by atoms with Crippen molar-refractivity contribution in [2.45, 2.75) is 102 Å². The molecule has 2 aliphatic heterocycles. The molecule has 0 spiro atoms. The van der Waals surface area contributed by atoms with E-state index in [-0.39, 0.29) is 6.42 Å². The van der Waals surface area contributed by atoms with Gasteiger partial charge in [-0.05, 0) is 44.9 Å². The molecule has 3 N–H and O–H groups in total. The molecule has 2 saturated heterocycles. The van der Waals surface area contributed by atoms with Gasteiger partial charge in [-0.1, -0.05) is 26.8 Å². The molecule has 0 bridgehead atoms. The smallest absolute Gasteiger partial charge is 0.410 e. The molecule has 4 rings (SSSR count). The molecule has 0 aromatic rings. The molecule has 186 valence electrons. The lowest BCUT2D eigenvalue weighted by molar-refractivity contribution is -0.369. The molecule has 2 saturated carbocycles. The standard InChI is InChI=1S/C25H39NO7/c1-7-22(4)14-16(28)25(31)23(5)15(27)10-11-21(2,3)18(23)17(19(29)24(25,6)33-22)32-20(30)26-12-8-9-13-26/h7,15,17-19,27,29,31H,1,8-14H2,2-6H3/t15-,17-,18-,19-,22-,23-,24+,25-/m0/s1. The number of hydrogen-bond donors (Lipinski definition) is 3. The SMILES string of the molecule is C=C[C@@]1(C)CC(=O)[C@]2(O)[C@@]3(C)[C@@H](O)CCC(C)(C)[C@@H]3[C@H](OC(=O)N3CCCC3)[C@H](O)[C@@]2(C)O1. The Kier molecular flexibility index (Phi) is 5.61. The zero-order valence-corrected chi connectivity index (χ0v) is 20.5. The fraction of sp³-hybridized carbons (Fsp3) is 0.840. The summed E-state index contributed by atoms with van der Waals surface area (Å²) < 4.78 is 12.3. The number of Topliss-reactive ketones (excluding diaryl/α,β-unsaturated/α-hetero) is 1. The molecule has 1 amide bonds. The van der Waals surface area contributed by atoms with Gasteiger partial charge in [-0.25, -0.2) is 4.79 Å². The minimum atomic E-state index is -2.19. The maximum absolute atomic E-state index is 13.7. The molecule has 8 nitrogen and oxygen atoms in total. The van der Waals surface area contributed by atoms with Gasteiger partial charge in [0.15, 0.2) is 11.4 Å². The van der Waals surface area contributed by atoms with E-state index in [1.165, 1.54) is 13.0 Å². The molecule has 0 unspecified atom stereocenters. The number of nitrogens with zero attached hydrogens (tertiary/aromatic N) is 1. The number of fused-ring (bicyclic) bond motifs is 3. The second kappa shape index (κ2) is 7.51. The maximum Gasteiger partial charge on any atom is 0.410 e. The number of carbonyl (C=O) groups is 2. The first kappa shape index (κ1) is 24.6. The summed E-state index contributed by atoms with van der Waals surface area (Å²) in [6.07, 6.45) is -0.0806. The summed E-state index contributed by atoms with van der Waals surface area (Å²) in [4.78, 5) is 28.4. The average Bonchev–Trinajstić information content (AvgIpc) is 3.27. The normalized spacial score (nSPS) is 49.2. The minimum Gasteiger partial charge on any atom is -0.443 e. The van der Waals surface area contributed by atoms with E-state index in [1.807, 2.05) is 13.8 Å². The number of aliphatic hydroxyl groups is 3. The van der Waals surface area contributed by atoms with E-state index in [0.717, 1.165) is 12.8 Å². The number of aliphatic hydroxyl groups excluding tert-OH is 2. The lowest BCUT2D eigenvalue weighted by atomic mass is 9.40. The van der Waals surface area contributed by atoms with Gasteiger partial charge in [-0.3, -0.25) is 4.79 Å². The number of ketones is 1. The van der Waals surface area contributed by atoms with Crippen LogP contribution >= 0.6 is 0 Å². The van der Waals surface area contributed by atoms with Crippen LogP contribution in [-0.4, -0.2) is 80.3 Å². The molecule has 2 aliphatic carbocycles. The topological polar surface area (TPSA) is 117 Å². The lowest BCUT2D eigenvalue weighted by Gasteiger charge is -2.71. The van der Waals surface area contributed by atoms with Crippen molar-refractivity contribution >= 4 is 11.9 Å². The number of hydrogen-bond acceptors (Lipinski definition) is 7. The fourth-order valence-corrected chi connectivity index (χ4v) is 7.50. The van der Waals surface area contributed by atoms with Crippen LogP contribution in [0.25, 0.3) is 0 Å². The summed E-state index contributed by atoms with van der Waals surface area (Å²) in [5, 5.41) is 35.4. The van der Waals surface area contributed by atoms with Gasteiger partial charge in [0.05, 0.1) is 11.7 Å². The van der Waals surface area contributed by atoms with Crippen LogP contribution < -0.4 is 0 Å². The molecule has 4 fully saturated rings. The van der Waals surface area contributed by atoms with Gasteiger partial charge in [0.2, 0.25) is 0 Å². The van der Waals surface area contributed by atoms with E-state index >= 15 is 0 Å². The van der Waals surface area contributed by atoms with Crippen LogP contribution in [0.3, 0.4) is 0 Å². The monoisotopic (exact) mass is 465 g/mol. The van der Waals surface area contributed by atoms with Gasteiger partial charge in [0.25, 0.3) is 0 Å². The second-order valence-electron chi connectivity index (χ2n) is 11.8. The Hall–Kier alpha value is -1.48. The van der Waals surface area contributed by atoms with Crippen molar-refractivity contribution in [3.63, 3.8) is 0 Å². The van der Waals surface area contributed by atoms with Crippen LogP contribution in [0, 0.1) is 16.7 Å². The molecule has 8 heteroatoms. The Morgan fingerprint density at radius 1 is 1.18 bits per heavy atom. The van der Waals surface area contributed by atoms with Crippen LogP contribution in [0.2, 0.25) is 0 Å². The predicted octanol–water partition coefficient (Wildman–Crippen LogP) is 2.19. The van der Waals surface area contributed by atoms with Crippen molar-refractivity contribution in [2.24, 2.45) is 16.7 Å². The summed E-state index contributed by atoms with van der Waals surface area (Å²) >= 11 is 0. The molecule has 2 heterocycles. The highest BCUT2D eigenvalue weighted by Gasteiger charge is 2.81. The third kappa shape index (κ3) is 3.10. The molecule has 0 radical (unpaired) electrons. The molecule has 0 aromatic heterocycles. The molecular weight excluding hydrogens is 426 g/mol. The van der Waals surface area contributed by atoms with E-state index in [0.29, 0.717) is 25.9 Å². The fourth-order valence-electron chi connectivity index (χ4n) is 7.50. The molecule has 4 aliphatic rings. The van der Waals surface area contributed by atoms with E-state index < -0.39 is 63.7 Å². The zero-order chi connectivity index (χ0) is 24.6. The molecular formula is C25H39NO7. The third-order valence-corrected chi connectivity index (χ3v) is 9.34. The van der Waals surface area contributed by atoms with Gasteiger partial charge in [0, 0.05) is 30.8 Å². The average molecular weight is 466 g/mol. The predicted molar refractivity (Wildman–Crippen MR) is 120 cm³/mol. The number of ether oxygens (including phenoxy) is 2. The largest absolute Gasteiger partial charge is 0.443 e. The van der Waals surface area contributed by atoms with E-state index in [2.05, 4.69) is 6.58 Å². The van der Waals surface area contributed by atoms with Gasteiger partial charge >= 0.3 is 6.09 Å². The van der Waals surface area contributed by atoms with Gasteiger partial charge in [-0.15, -0.1) is 6.58 Å². The third-order valence-electron chi connectivity index (χ3n) is 9.34. The van der Waals surface area contributed by atoms with Crippen molar-refractivity contribution in [1.82, 2.24) is 4.90 Å². The van der Waals surface area contributed by atoms with Crippen LogP contribution in [0.15, 0.2) is 12.7 Å². The first-order valence-electron chi connectivity index (χ1n) is 12.1. The zero-order valence-electron chi connectivity index (χ0n) is 20.5. The van der Waals surface area contributed by atoms with Crippen molar-refractivity contribution in [3.05, 3.63) is 12.7 Å². The highest BCUT2D eigenvalue weighted by molar-refractivity contribution is 5.92. The Bertz CT molecular complexity index is 854. The summed E-state index contributed by atoms with van der Waals surface area (Å²) in [5.74, 6) is -1.19. The number of amides is 1. The Morgan fingerprint density at radius 2 is 1.79 bits per heavy atom. The van der Waals surface area contributed by atoms with Gasteiger partial charge in [-0.2, -0.15) is 0 Å². The summed E-state index contributed by atoms with van der Waals surface area (Å²) in [7, 11) is 0. The van der Waals surface area contributed by atoms with Crippen LogP contribution in [0.4, 0.5) is 4.79 Å². The highest BCUT2D eigenvalue weighted by atomic mass is 16.6. The van der Waals surface area contributed by atoms with Crippen LogP contribution in [0.5, 0.6) is 0 Å². The van der Waals surface area contributed by atoms with E-state index in [1.54, 1.807) is 18.7 Å². The van der Waals surface area contributed by atoms with Crippen LogP contribution in [0.1, 0.15) is 66.7 Å². The number of likely N-dealkylation sites (tertiary alicyclic amines) is 1. The summed E-state index contributed by atoms with van der Waals surface area (Å²) in [6, 6.07) is 0. The molecule has 0 aromatic carbocycles. The quantitative estimate of drug-likeness (QED) is 0.535. The molecule has 33 heavy (non-hydrogen) atoms. The second-order valence-corrected chi connectivity index (χ2v) is 11.8. The van der Waals surface area contributed by atoms with Crippen molar-refractivity contribution in [1.29, 1.82) is 0 Å². The van der Waals surface area contributed by atoms with E-state index in [9.17, 15) is 24.9 Å². The number of rotatable bonds is 2. The Balaban J connectivity index is 1.89. The Morgan fingerprint density at radius 3 is 2.36 bits per heavy atom. The lowest BCUT2D eigenvalue weighted by Crippen LogP contribution is -2.86.